The Morgan fingerprint density at radius 2 is 2.00 bits per heavy atom. The third kappa shape index (κ3) is 2.95. The highest BCUT2D eigenvalue weighted by Gasteiger charge is 2.35. The zero-order chi connectivity index (χ0) is 14.9. The molecule has 3 rings (SSSR count). The van der Waals surface area contributed by atoms with Crippen molar-refractivity contribution in [1.82, 2.24) is 10.6 Å². The van der Waals surface area contributed by atoms with Crippen molar-refractivity contribution in [1.29, 1.82) is 0 Å². The average molecular weight is 306 g/mol. The third-order valence-corrected chi connectivity index (χ3v) is 5.71. The number of carbonyl (C=O) groups is 1. The molecule has 0 spiro atoms. The van der Waals surface area contributed by atoms with Crippen molar-refractivity contribution < 1.29 is 13.2 Å². The molecule has 0 saturated heterocycles. The minimum Gasteiger partial charge on any atom is -0.332 e. The maximum Gasteiger partial charge on any atom is 0.315 e. The monoisotopic (exact) mass is 306 g/mol. The van der Waals surface area contributed by atoms with Crippen LogP contribution in [-0.2, 0) is 9.84 Å². The van der Waals surface area contributed by atoms with Crippen molar-refractivity contribution in [2.45, 2.75) is 36.2 Å². The molecule has 2 unspecified atom stereocenters. The van der Waals surface area contributed by atoms with Crippen LogP contribution < -0.4 is 10.6 Å². The summed E-state index contributed by atoms with van der Waals surface area (Å²) in [5.41, 5.74) is 0.673. The molecule has 1 aliphatic carbocycles. The molecule has 112 valence electrons. The van der Waals surface area contributed by atoms with Crippen LogP contribution in [0, 0.1) is 0 Å². The summed E-state index contributed by atoms with van der Waals surface area (Å²) in [5, 5.41) is 5.65. The number of fused-ring (bicyclic) bond motifs is 1. The third-order valence-electron chi connectivity index (χ3n) is 3.89. The number of carbonyl (C=O) groups excluding carboxylic acids is 1. The predicted molar refractivity (Wildman–Crippen MR) is 79.7 cm³/mol. The van der Waals surface area contributed by atoms with Gasteiger partial charge >= 0.3 is 6.03 Å². The molecule has 1 aliphatic heterocycles. The smallest absolute Gasteiger partial charge is 0.315 e. The van der Waals surface area contributed by atoms with Gasteiger partial charge in [0.05, 0.1) is 16.7 Å². The maximum atomic E-state index is 12.1. The van der Waals surface area contributed by atoms with Crippen molar-refractivity contribution in [2.75, 3.05) is 5.75 Å². The van der Waals surface area contributed by atoms with Crippen LogP contribution in [0.5, 0.6) is 0 Å². The first-order chi connectivity index (χ1) is 10.1. The van der Waals surface area contributed by atoms with E-state index in [9.17, 15) is 13.2 Å². The van der Waals surface area contributed by atoms with Gasteiger partial charge in [0.2, 0.25) is 0 Å². The molecule has 2 atom stereocenters. The van der Waals surface area contributed by atoms with E-state index in [4.69, 9.17) is 0 Å². The van der Waals surface area contributed by atoms with Gasteiger partial charge in [-0.05, 0) is 30.9 Å². The summed E-state index contributed by atoms with van der Waals surface area (Å²) < 4.78 is 24.1. The second-order valence-corrected chi connectivity index (χ2v) is 7.46. The molecule has 1 heterocycles. The van der Waals surface area contributed by atoms with E-state index in [2.05, 4.69) is 16.7 Å². The molecule has 2 N–H and O–H groups in total. The lowest BCUT2D eigenvalue weighted by atomic mass is 10.0. The summed E-state index contributed by atoms with van der Waals surface area (Å²) >= 11 is 0. The van der Waals surface area contributed by atoms with E-state index in [0.29, 0.717) is 10.5 Å². The normalized spacial score (nSPS) is 26.1. The molecule has 0 radical (unpaired) electrons. The summed E-state index contributed by atoms with van der Waals surface area (Å²) in [7, 11) is -3.29. The molecule has 2 aliphatic rings. The second-order valence-electron chi connectivity index (χ2n) is 5.46. The van der Waals surface area contributed by atoms with Gasteiger partial charge in [-0.3, -0.25) is 0 Å². The first kappa shape index (κ1) is 14.1. The summed E-state index contributed by atoms with van der Waals surface area (Å²) in [4.78, 5) is 12.4. The summed E-state index contributed by atoms with van der Waals surface area (Å²) in [6, 6.07) is 6.08. The van der Waals surface area contributed by atoms with E-state index < -0.39 is 15.9 Å². The Kier molecular flexibility index (Phi) is 3.71. The fourth-order valence-corrected chi connectivity index (χ4v) is 4.61. The molecule has 6 heteroatoms. The molecular weight excluding hydrogens is 288 g/mol. The Balaban J connectivity index is 1.70. The lowest BCUT2D eigenvalue weighted by molar-refractivity contribution is 0.235. The minimum atomic E-state index is -3.29. The number of rotatable bonds is 2. The van der Waals surface area contributed by atoms with Gasteiger partial charge in [0, 0.05) is 6.04 Å². The van der Waals surface area contributed by atoms with E-state index in [0.717, 1.165) is 19.3 Å². The van der Waals surface area contributed by atoms with Gasteiger partial charge in [-0.15, -0.1) is 0 Å². The van der Waals surface area contributed by atoms with Crippen LogP contribution in [0.15, 0.2) is 41.3 Å². The Morgan fingerprint density at radius 1 is 1.19 bits per heavy atom. The molecule has 0 bridgehead atoms. The Labute approximate surface area is 124 Å². The van der Waals surface area contributed by atoms with Crippen LogP contribution in [0.4, 0.5) is 4.79 Å². The zero-order valence-electron chi connectivity index (χ0n) is 11.6. The van der Waals surface area contributed by atoms with Crippen LogP contribution in [0.2, 0.25) is 0 Å². The van der Waals surface area contributed by atoms with E-state index in [1.807, 2.05) is 6.08 Å². The molecule has 2 amide bonds. The Hall–Kier alpha value is -1.82. The largest absolute Gasteiger partial charge is 0.332 e. The summed E-state index contributed by atoms with van der Waals surface area (Å²) in [6.45, 7) is 0. The summed E-state index contributed by atoms with van der Waals surface area (Å²) in [6.07, 6.45) is 7.08. The van der Waals surface area contributed by atoms with Crippen LogP contribution in [-0.4, -0.2) is 26.2 Å². The topological polar surface area (TPSA) is 75.3 Å². The van der Waals surface area contributed by atoms with Gasteiger partial charge in [0.1, 0.15) is 0 Å². The van der Waals surface area contributed by atoms with Gasteiger partial charge in [-0.1, -0.05) is 30.4 Å². The molecule has 21 heavy (non-hydrogen) atoms. The molecular formula is C15H18N2O3S. The molecule has 5 nitrogen and oxygen atoms in total. The van der Waals surface area contributed by atoms with E-state index in [1.54, 1.807) is 24.3 Å². The number of urea groups is 1. The number of nitrogens with one attached hydrogen (secondary N) is 2. The summed E-state index contributed by atoms with van der Waals surface area (Å²) in [5.74, 6) is -0.0692. The van der Waals surface area contributed by atoms with Crippen molar-refractivity contribution in [3.8, 4) is 0 Å². The molecule has 0 fully saturated rings. The molecule has 0 aromatic heterocycles. The average Bonchev–Trinajstić information content (AvgIpc) is 2.72. The van der Waals surface area contributed by atoms with Crippen molar-refractivity contribution in [3.05, 3.63) is 42.0 Å². The van der Waals surface area contributed by atoms with Gasteiger partial charge in [0.15, 0.2) is 9.84 Å². The SMILES string of the molecule is O=C(NC1C=CCCC1)NC1CS(=O)(=O)c2ccccc21. The number of sulfone groups is 1. The minimum absolute atomic E-state index is 0.0343. The molecule has 1 aromatic rings. The zero-order valence-corrected chi connectivity index (χ0v) is 12.4. The van der Waals surface area contributed by atoms with Crippen molar-refractivity contribution >= 4 is 15.9 Å². The van der Waals surface area contributed by atoms with E-state index in [-0.39, 0.29) is 17.8 Å². The van der Waals surface area contributed by atoms with Crippen molar-refractivity contribution in [2.24, 2.45) is 0 Å². The Morgan fingerprint density at radius 3 is 2.76 bits per heavy atom. The van der Waals surface area contributed by atoms with Gasteiger partial charge in [-0.25, -0.2) is 13.2 Å². The maximum absolute atomic E-state index is 12.1. The second kappa shape index (κ2) is 5.52. The van der Waals surface area contributed by atoms with Gasteiger partial charge < -0.3 is 10.6 Å². The highest BCUT2D eigenvalue weighted by atomic mass is 32.2. The number of amides is 2. The van der Waals surface area contributed by atoms with Crippen LogP contribution in [0.25, 0.3) is 0 Å². The molecule has 1 aromatic carbocycles. The predicted octanol–water partition coefficient (Wildman–Crippen LogP) is 1.92. The number of allylic oxidation sites excluding steroid dienone is 1. The Bertz CT molecular complexity index is 682. The fraction of sp³-hybridized carbons (Fsp3) is 0.400. The lowest BCUT2D eigenvalue weighted by Crippen LogP contribution is -2.43. The standard InChI is InChI=1S/C15H18N2O3S/c18-15(16-11-6-2-1-3-7-11)17-13-10-21(19,20)14-9-5-4-8-12(13)14/h2,4-6,8-9,11,13H,1,3,7,10H2,(H2,16,17,18). The highest BCUT2D eigenvalue weighted by Crippen LogP contribution is 2.32. The fourth-order valence-electron chi connectivity index (χ4n) is 2.87. The van der Waals surface area contributed by atoms with E-state index in [1.165, 1.54) is 0 Å². The van der Waals surface area contributed by atoms with Gasteiger partial charge in [-0.2, -0.15) is 0 Å². The number of benzene rings is 1. The van der Waals surface area contributed by atoms with Gasteiger partial charge in [0.25, 0.3) is 0 Å². The quantitative estimate of drug-likeness (QED) is 0.820. The first-order valence-electron chi connectivity index (χ1n) is 7.12. The van der Waals surface area contributed by atoms with Crippen LogP contribution >= 0.6 is 0 Å². The van der Waals surface area contributed by atoms with E-state index >= 15 is 0 Å². The lowest BCUT2D eigenvalue weighted by Gasteiger charge is -2.20. The number of hydrogen-bond donors (Lipinski definition) is 2. The highest BCUT2D eigenvalue weighted by molar-refractivity contribution is 7.91. The van der Waals surface area contributed by atoms with Crippen LogP contribution in [0.1, 0.15) is 30.9 Å². The van der Waals surface area contributed by atoms with Crippen molar-refractivity contribution in [3.63, 3.8) is 0 Å². The first-order valence-corrected chi connectivity index (χ1v) is 8.77. The number of hydrogen-bond acceptors (Lipinski definition) is 3. The molecule has 0 saturated carbocycles. The van der Waals surface area contributed by atoms with Crippen LogP contribution in [0.3, 0.4) is 0 Å².